The largest absolute Gasteiger partial charge is 0.491 e. The number of carbonyl (C=O) groups is 3. The number of aryl methyl sites for hydroxylation is 1. The number of hydrogen-bond acceptors (Lipinski definition) is 4. The third kappa shape index (κ3) is 6.01. The number of likely N-dealkylation sites (tertiary alicyclic amines) is 1. The molecule has 0 saturated carbocycles. The third-order valence-electron chi connectivity index (χ3n) is 7.32. The maximum atomic E-state index is 13.5. The highest BCUT2D eigenvalue weighted by atomic mass is 35.5. The zero-order valence-electron chi connectivity index (χ0n) is 20.7. The van der Waals surface area contributed by atoms with E-state index in [4.69, 9.17) is 16.3 Å². The molecule has 0 aromatic heterocycles. The van der Waals surface area contributed by atoms with Crippen LogP contribution in [0, 0.1) is 5.41 Å². The summed E-state index contributed by atoms with van der Waals surface area (Å²) in [5, 5.41) is 6.22. The van der Waals surface area contributed by atoms with Gasteiger partial charge in [0.1, 0.15) is 18.4 Å². The maximum absolute atomic E-state index is 13.5. The predicted molar refractivity (Wildman–Crippen MR) is 139 cm³/mol. The Morgan fingerprint density at radius 3 is 2.53 bits per heavy atom. The molecule has 2 aromatic carbocycles. The first-order valence-corrected chi connectivity index (χ1v) is 13.1. The van der Waals surface area contributed by atoms with Gasteiger partial charge in [-0.25, -0.2) is 0 Å². The number of nitrogens with one attached hydrogen (secondary N) is 2. The molecule has 2 heterocycles. The van der Waals surface area contributed by atoms with Crippen molar-refractivity contribution in [1.29, 1.82) is 0 Å². The number of fused-ring (bicyclic) bond motifs is 1. The van der Waals surface area contributed by atoms with Crippen LogP contribution in [0.3, 0.4) is 0 Å². The number of amides is 3. The highest BCUT2D eigenvalue weighted by Crippen LogP contribution is 2.38. The second kappa shape index (κ2) is 11.8. The summed E-state index contributed by atoms with van der Waals surface area (Å²) in [6.45, 7) is 3.36. The van der Waals surface area contributed by atoms with Crippen molar-refractivity contribution in [3.63, 3.8) is 0 Å². The third-order valence-corrected chi connectivity index (χ3v) is 7.65. The lowest BCUT2D eigenvalue weighted by atomic mass is 9.73. The van der Waals surface area contributed by atoms with Crippen LogP contribution >= 0.6 is 11.6 Å². The fourth-order valence-electron chi connectivity index (χ4n) is 5.07. The van der Waals surface area contributed by atoms with E-state index in [9.17, 15) is 14.4 Å². The Hall–Kier alpha value is -3.06. The summed E-state index contributed by atoms with van der Waals surface area (Å²) in [6.07, 6.45) is 4.43. The molecule has 0 unspecified atom stereocenters. The van der Waals surface area contributed by atoms with Gasteiger partial charge in [0.15, 0.2) is 0 Å². The predicted octanol–water partition coefficient (Wildman–Crippen LogP) is 3.99. The Morgan fingerprint density at radius 1 is 1.03 bits per heavy atom. The number of nitrogens with zero attached hydrogens (tertiary/aromatic N) is 1. The van der Waals surface area contributed by atoms with Crippen LogP contribution in [0.1, 0.15) is 54.9 Å². The molecule has 3 amide bonds. The number of hydrogen-bond donors (Lipinski definition) is 2. The quantitative estimate of drug-likeness (QED) is 0.606. The van der Waals surface area contributed by atoms with Gasteiger partial charge in [-0.1, -0.05) is 48.4 Å². The molecule has 1 atom stereocenters. The first-order valence-electron chi connectivity index (χ1n) is 12.7. The van der Waals surface area contributed by atoms with Crippen molar-refractivity contribution in [3.05, 3.63) is 64.7 Å². The number of para-hydroxylation sites is 1. The molecule has 0 bridgehead atoms. The SMILES string of the molecule is C[C@@H]1NC(=O)C2(CCCCc3ccccc3OCCNC1=O)CCN(C(=O)c1ccccc1Cl)CC2. The van der Waals surface area contributed by atoms with Gasteiger partial charge in [0.2, 0.25) is 11.8 Å². The van der Waals surface area contributed by atoms with Crippen LogP contribution in [0.4, 0.5) is 0 Å². The molecular formula is C28H34ClN3O4. The Kier molecular flexibility index (Phi) is 8.52. The van der Waals surface area contributed by atoms with Crippen molar-refractivity contribution in [3.8, 4) is 5.75 Å². The van der Waals surface area contributed by atoms with E-state index in [1.54, 1.807) is 36.1 Å². The number of carbonyl (C=O) groups excluding carboxylic acids is 3. The van der Waals surface area contributed by atoms with Crippen molar-refractivity contribution in [2.75, 3.05) is 26.2 Å². The van der Waals surface area contributed by atoms with Crippen LogP contribution in [-0.4, -0.2) is 54.9 Å². The summed E-state index contributed by atoms with van der Waals surface area (Å²) < 4.78 is 5.91. The summed E-state index contributed by atoms with van der Waals surface area (Å²) in [6, 6.07) is 14.3. The Bertz CT molecular complexity index is 1100. The topological polar surface area (TPSA) is 87.7 Å². The number of rotatable bonds is 1. The van der Waals surface area contributed by atoms with Gasteiger partial charge < -0.3 is 20.3 Å². The van der Waals surface area contributed by atoms with Crippen molar-refractivity contribution in [1.82, 2.24) is 15.5 Å². The Balaban J connectivity index is 1.49. The van der Waals surface area contributed by atoms with Crippen molar-refractivity contribution >= 4 is 29.3 Å². The lowest BCUT2D eigenvalue weighted by Gasteiger charge is -2.41. The molecule has 7 nitrogen and oxygen atoms in total. The molecule has 1 spiro atoms. The lowest BCUT2D eigenvalue weighted by molar-refractivity contribution is -0.137. The Labute approximate surface area is 217 Å². The molecule has 2 aliphatic heterocycles. The average molecular weight is 512 g/mol. The normalized spacial score (nSPS) is 21.3. The molecule has 2 N–H and O–H groups in total. The van der Waals surface area contributed by atoms with Crippen LogP contribution in [0.5, 0.6) is 5.75 Å². The van der Waals surface area contributed by atoms with Gasteiger partial charge in [0.05, 0.1) is 22.5 Å². The highest BCUT2D eigenvalue weighted by molar-refractivity contribution is 6.33. The molecule has 2 aliphatic rings. The van der Waals surface area contributed by atoms with Crippen molar-refractivity contribution in [2.45, 2.75) is 51.5 Å². The van der Waals surface area contributed by atoms with E-state index in [-0.39, 0.29) is 17.7 Å². The fraction of sp³-hybridized carbons (Fsp3) is 0.464. The number of halogens is 1. The summed E-state index contributed by atoms with van der Waals surface area (Å²) in [4.78, 5) is 41.0. The van der Waals surface area contributed by atoms with E-state index in [0.717, 1.165) is 30.6 Å². The molecule has 2 aromatic rings. The number of benzene rings is 2. The zero-order chi connectivity index (χ0) is 25.5. The molecule has 0 aliphatic carbocycles. The lowest BCUT2D eigenvalue weighted by Crippen LogP contribution is -2.54. The smallest absolute Gasteiger partial charge is 0.255 e. The van der Waals surface area contributed by atoms with Crippen molar-refractivity contribution in [2.24, 2.45) is 5.41 Å². The minimum absolute atomic E-state index is 0.110. The van der Waals surface area contributed by atoms with E-state index in [0.29, 0.717) is 56.1 Å². The van der Waals surface area contributed by atoms with Gasteiger partial charge in [0, 0.05) is 13.1 Å². The molecular weight excluding hydrogens is 478 g/mol. The van der Waals surface area contributed by atoms with Crippen LogP contribution in [0.25, 0.3) is 0 Å². The van der Waals surface area contributed by atoms with E-state index >= 15 is 0 Å². The van der Waals surface area contributed by atoms with E-state index < -0.39 is 11.5 Å². The summed E-state index contributed by atoms with van der Waals surface area (Å²) in [7, 11) is 0. The molecule has 8 heteroatoms. The molecule has 4 rings (SSSR count). The zero-order valence-corrected chi connectivity index (χ0v) is 21.5. The monoisotopic (exact) mass is 511 g/mol. The van der Waals surface area contributed by atoms with Crippen LogP contribution in [0.15, 0.2) is 48.5 Å². The fourth-order valence-corrected chi connectivity index (χ4v) is 5.28. The van der Waals surface area contributed by atoms with Crippen molar-refractivity contribution < 1.29 is 19.1 Å². The minimum Gasteiger partial charge on any atom is -0.491 e. The van der Waals surface area contributed by atoms with Crippen LogP contribution in [0.2, 0.25) is 5.02 Å². The first kappa shape index (κ1) is 26.0. The first-order chi connectivity index (χ1) is 17.4. The van der Waals surface area contributed by atoms with Gasteiger partial charge in [-0.3, -0.25) is 14.4 Å². The van der Waals surface area contributed by atoms with Gasteiger partial charge in [-0.15, -0.1) is 0 Å². The second-order valence-electron chi connectivity index (χ2n) is 9.70. The van der Waals surface area contributed by atoms with E-state index in [1.165, 1.54) is 0 Å². The molecule has 36 heavy (non-hydrogen) atoms. The van der Waals surface area contributed by atoms with Crippen LogP contribution in [-0.2, 0) is 16.0 Å². The van der Waals surface area contributed by atoms with E-state index in [1.807, 2.05) is 18.2 Å². The van der Waals surface area contributed by atoms with Gasteiger partial charge in [-0.2, -0.15) is 0 Å². The van der Waals surface area contributed by atoms with Gasteiger partial charge in [0.25, 0.3) is 5.91 Å². The van der Waals surface area contributed by atoms with Gasteiger partial charge >= 0.3 is 0 Å². The van der Waals surface area contributed by atoms with Crippen LogP contribution < -0.4 is 15.4 Å². The standard InChI is InChI=1S/C28H34ClN3O4/c1-20-25(33)30-16-19-36-24-12-5-2-8-21(24)9-6-7-13-28(27(35)31-20)14-17-32(18-15-28)26(34)22-10-3-4-11-23(22)29/h2-5,8,10-12,20H,6-7,9,13-19H2,1H3,(H,30,33)(H,31,35)/t20-/m0/s1. The average Bonchev–Trinajstić information content (AvgIpc) is 2.89. The second-order valence-corrected chi connectivity index (χ2v) is 10.1. The molecule has 1 fully saturated rings. The molecule has 0 radical (unpaired) electrons. The highest BCUT2D eigenvalue weighted by Gasteiger charge is 2.42. The Morgan fingerprint density at radius 2 is 1.75 bits per heavy atom. The summed E-state index contributed by atoms with van der Waals surface area (Å²) >= 11 is 6.25. The summed E-state index contributed by atoms with van der Waals surface area (Å²) in [5.74, 6) is 0.375. The molecule has 1 saturated heterocycles. The number of ether oxygens (including phenoxy) is 1. The minimum atomic E-state index is -0.658. The molecule has 192 valence electrons. The van der Waals surface area contributed by atoms with E-state index in [2.05, 4.69) is 16.7 Å². The number of piperidine rings is 1. The maximum Gasteiger partial charge on any atom is 0.255 e. The van der Waals surface area contributed by atoms with Gasteiger partial charge in [-0.05, 0) is 62.8 Å². The summed E-state index contributed by atoms with van der Waals surface area (Å²) in [5.41, 5.74) is 0.987.